The molecule has 20 heavy (non-hydrogen) atoms. The van der Waals surface area contributed by atoms with Gasteiger partial charge in [-0.1, -0.05) is 41.9 Å². The smallest absolute Gasteiger partial charge is 0.269 e. The molecule has 0 spiro atoms. The van der Waals surface area contributed by atoms with Gasteiger partial charge in [-0.05, 0) is 17.7 Å². The van der Waals surface area contributed by atoms with Crippen molar-refractivity contribution in [2.24, 2.45) is 5.84 Å². The van der Waals surface area contributed by atoms with Crippen molar-refractivity contribution in [3.8, 4) is 0 Å². The summed E-state index contributed by atoms with van der Waals surface area (Å²) in [6.07, 6.45) is 1.61. The van der Waals surface area contributed by atoms with E-state index in [1.165, 1.54) is 0 Å². The maximum atomic E-state index is 10.4. The number of hydrogen-bond donors (Lipinski definition) is 3. The molecule has 0 aliphatic heterocycles. The SMILES string of the molecule is NNc1ncccc1Cl.O=S(=O)(O)Cc1ccccc1. The summed E-state index contributed by atoms with van der Waals surface area (Å²) in [5, 5.41) is 0.528. The minimum Gasteiger partial charge on any atom is -0.307 e. The highest BCUT2D eigenvalue weighted by Crippen LogP contribution is 2.15. The zero-order valence-electron chi connectivity index (χ0n) is 10.4. The number of pyridine rings is 1. The summed E-state index contributed by atoms with van der Waals surface area (Å²) in [6, 6.07) is 12.0. The van der Waals surface area contributed by atoms with Gasteiger partial charge in [-0.15, -0.1) is 0 Å². The Morgan fingerprint density at radius 2 is 1.85 bits per heavy atom. The maximum absolute atomic E-state index is 10.4. The lowest BCUT2D eigenvalue weighted by Crippen LogP contribution is -2.08. The molecule has 6 nitrogen and oxygen atoms in total. The first-order chi connectivity index (χ1) is 9.42. The molecule has 0 radical (unpaired) electrons. The van der Waals surface area contributed by atoms with Crippen LogP contribution in [-0.2, 0) is 15.9 Å². The van der Waals surface area contributed by atoms with Crippen molar-refractivity contribution in [3.05, 3.63) is 59.2 Å². The summed E-state index contributed by atoms with van der Waals surface area (Å²) >= 11 is 5.62. The second-order valence-corrected chi connectivity index (χ2v) is 5.55. The molecule has 2 aromatic rings. The Kier molecular flexibility index (Phi) is 6.40. The molecule has 1 aromatic carbocycles. The van der Waals surface area contributed by atoms with Crippen molar-refractivity contribution >= 4 is 27.5 Å². The molecule has 0 atom stereocenters. The number of anilines is 1. The predicted molar refractivity (Wildman–Crippen MR) is 78.8 cm³/mol. The van der Waals surface area contributed by atoms with Crippen LogP contribution in [0.15, 0.2) is 48.7 Å². The number of rotatable bonds is 3. The molecule has 2 rings (SSSR count). The van der Waals surface area contributed by atoms with Gasteiger partial charge in [-0.2, -0.15) is 8.42 Å². The van der Waals surface area contributed by atoms with Crippen LogP contribution in [0.2, 0.25) is 5.02 Å². The van der Waals surface area contributed by atoms with Gasteiger partial charge in [0.2, 0.25) is 0 Å². The van der Waals surface area contributed by atoms with Crippen LogP contribution in [0.1, 0.15) is 5.56 Å². The molecule has 8 heteroatoms. The number of hydrazine groups is 1. The molecule has 108 valence electrons. The highest BCUT2D eigenvalue weighted by molar-refractivity contribution is 7.85. The van der Waals surface area contributed by atoms with E-state index in [-0.39, 0.29) is 5.75 Å². The molecule has 0 fully saturated rings. The van der Waals surface area contributed by atoms with Crippen molar-refractivity contribution in [2.45, 2.75) is 5.75 Å². The summed E-state index contributed by atoms with van der Waals surface area (Å²) in [5.41, 5.74) is 2.94. The van der Waals surface area contributed by atoms with Crippen LogP contribution < -0.4 is 11.3 Å². The Bertz CT molecular complexity index is 635. The first-order valence-corrected chi connectivity index (χ1v) is 7.47. The third-order valence-electron chi connectivity index (χ3n) is 2.09. The van der Waals surface area contributed by atoms with Gasteiger partial charge in [0.05, 0.1) is 5.02 Å². The molecule has 0 aliphatic carbocycles. The van der Waals surface area contributed by atoms with Gasteiger partial charge in [0.1, 0.15) is 5.75 Å². The van der Waals surface area contributed by atoms with Gasteiger partial charge in [-0.25, -0.2) is 10.8 Å². The van der Waals surface area contributed by atoms with Crippen molar-refractivity contribution in [3.63, 3.8) is 0 Å². The Hall–Kier alpha value is -1.67. The van der Waals surface area contributed by atoms with E-state index >= 15 is 0 Å². The normalized spacial score (nSPS) is 10.3. The third-order valence-corrected chi connectivity index (χ3v) is 3.09. The molecule has 0 unspecified atom stereocenters. The fourth-order valence-corrected chi connectivity index (χ4v) is 2.07. The van der Waals surface area contributed by atoms with E-state index in [9.17, 15) is 8.42 Å². The number of nitrogens with one attached hydrogen (secondary N) is 1. The van der Waals surface area contributed by atoms with Crippen LogP contribution in [0.25, 0.3) is 0 Å². The van der Waals surface area contributed by atoms with E-state index in [2.05, 4.69) is 10.4 Å². The van der Waals surface area contributed by atoms with E-state index in [1.54, 1.807) is 48.7 Å². The van der Waals surface area contributed by atoms with Gasteiger partial charge in [0.15, 0.2) is 5.82 Å². The lowest BCUT2D eigenvalue weighted by Gasteiger charge is -1.97. The molecule has 0 saturated heterocycles. The molecule has 0 saturated carbocycles. The summed E-state index contributed by atoms with van der Waals surface area (Å²) < 4.78 is 29.2. The number of nitrogen functional groups attached to an aromatic ring is 1. The van der Waals surface area contributed by atoms with Crippen LogP contribution in [0, 0.1) is 0 Å². The lowest BCUT2D eigenvalue weighted by atomic mass is 10.2. The Balaban J connectivity index is 0.000000204. The number of benzene rings is 1. The van der Waals surface area contributed by atoms with E-state index in [0.717, 1.165) is 0 Å². The van der Waals surface area contributed by atoms with Crippen LogP contribution in [0.4, 0.5) is 5.82 Å². The van der Waals surface area contributed by atoms with E-state index < -0.39 is 10.1 Å². The fourth-order valence-electron chi connectivity index (χ4n) is 1.28. The van der Waals surface area contributed by atoms with Crippen LogP contribution in [-0.4, -0.2) is 18.0 Å². The highest BCUT2D eigenvalue weighted by atomic mass is 35.5. The molecular weight excluding hydrogens is 302 g/mol. The van der Waals surface area contributed by atoms with Crippen molar-refractivity contribution in [2.75, 3.05) is 5.43 Å². The average Bonchev–Trinajstić information content (AvgIpc) is 2.39. The molecule has 1 heterocycles. The standard InChI is InChI=1S/C7H8O3S.C5H6ClN3/c8-11(9,10)6-7-4-2-1-3-5-7;6-4-2-1-3-8-5(4)9-7/h1-5H,6H2,(H,8,9,10);1-3H,7H2,(H,8,9). The van der Waals surface area contributed by atoms with Crippen LogP contribution in [0.3, 0.4) is 0 Å². The third kappa shape index (κ3) is 6.48. The molecular formula is C12H14ClN3O3S. The molecule has 4 N–H and O–H groups in total. The van der Waals surface area contributed by atoms with E-state index in [1.807, 2.05) is 0 Å². The highest BCUT2D eigenvalue weighted by Gasteiger charge is 2.04. The number of aromatic nitrogens is 1. The molecule has 0 bridgehead atoms. The van der Waals surface area contributed by atoms with E-state index in [4.69, 9.17) is 22.0 Å². The summed E-state index contributed by atoms with van der Waals surface area (Å²) in [5.74, 6) is 5.24. The van der Waals surface area contributed by atoms with Gasteiger partial charge >= 0.3 is 0 Å². The number of nitrogens with two attached hydrogens (primary N) is 1. The predicted octanol–water partition coefficient (Wildman–Crippen LogP) is 2.09. The first kappa shape index (κ1) is 16.4. The lowest BCUT2D eigenvalue weighted by molar-refractivity contribution is 0.482. The minimum atomic E-state index is -3.88. The maximum Gasteiger partial charge on any atom is 0.269 e. The zero-order chi connectivity index (χ0) is 15.0. The number of hydrogen-bond acceptors (Lipinski definition) is 5. The Morgan fingerprint density at radius 3 is 2.30 bits per heavy atom. The van der Waals surface area contributed by atoms with E-state index in [0.29, 0.717) is 16.4 Å². The van der Waals surface area contributed by atoms with Gasteiger partial charge < -0.3 is 5.43 Å². The number of nitrogens with zero attached hydrogens (tertiary/aromatic N) is 1. The largest absolute Gasteiger partial charge is 0.307 e. The van der Waals surface area contributed by atoms with Crippen LogP contribution >= 0.6 is 11.6 Å². The monoisotopic (exact) mass is 315 g/mol. The molecule has 0 aliphatic rings. The second-order valence-electron chi connectivity index (χ2n) is 3.69. The van der Waals surface area contributed by atoms with Gasteiger partial charge in [0.25, 0.3) is 10.1 Å². The Labute approximate surface area is 122 Å². The summed E-state index contributed by atoms with van der Waals surface area (Å²) in [7, 11) is -3.88. The van der Waals surface area contributed by atoms with Gasteiger partial charge in [-0.3, -0.25) is 4.55 Å². The fraction of sp³-hybridized carbons (Fsp3) is 0.0833. The minimum absolute atomic E-state index is 0.312. The first-order valence-electron chi connectivity index (χ1n) is 5.48. The average molecular weight is 316 g/mol. The van der Waals surface area contributed by atoms with Gasteiger partial charge in [0, 0.05) is 6.20 Å². The Morgan fingerprint density at radius 1 is 1.20 bits per heavy atom. The zero-order valence-corrected chi connectivity index (χ0v) is 12.0. The van der Waals surface area contributed by atoms with Crippen molar-refractivity contribution in [1.82, 2.24) is 4.98 Å². The summed E-state index contributed by atoms with van der Waals surface area (Å²) in [4.78, 5) is 3.83. The molecule has 1 aromatic heterocycles. The topological polar surface area (TPSA) is 105 Å². The van der Waals surface area contributed by atoms with Crippen LogP contribution in [0.5, 0.6) is 0 Å². The summed E-state index contributed by atoms with van der Waals surface area (Å²) in [6.45, 7) is 0. The quantitative estimate of drug-likeness (QED) is 0.455. The van der Waals surface area contributed by atoms with Crippen molar-refractivity contribution < 1.29 is 13.0 Å². The van der Waals surface area contributed by atoms with Crippen molar-refractivity contribution in [1.29, 1.82) is 0 Å². The number of halogens is 1. The second kappa shape index (κ2) is 7.81. The molecule has 0 amide bonds.